The van der Waals surface area contributed by atoms with Crippen molar-refractivity contribution in [2.24, 2.45) is 5.92 Å². The summed E-state index contributed by atoms with van der Waals surface area (Å²) in [5.74, 6) is 0.764. The number of hydrogen-bond donors (Lipinski definition) is 1. The van der Waals surface area contributed by atoms with Gasteiger partial charge in [-0.1, -0.05) is 39.0 Å². The molecule has 1 rings (SSSR count). The van der Waals surface area contributed by atoms with Crippen LogP contribution in [-0.2, 0) is 0 Å². The summed E-state index contributed by atoms with van der Waals surface area (Å²) in [7, 11) is 2.22. The third-order valence-corrected chi connectivity index (χ3v) is 3.67. The van der Waals surface area contributed by atoms with Crippen LogP contribution in [0.3, 0.4) is 0 Å². The molecule has 0 amide bonds. The largest absolute Gasteiger partial charge is 0.393 e. The van der Waals surface area contributed by atoms with Gasteiger partial charge in [0.2, 0.25) is 0 Å². The molecule has 2 nitrogen and oxygen atoms in total. The first-order valence-electron chi connectivity index (χ1n) is 7.09. The predicted octanol–water partition coefficient (Wildman–Crippen LogP) is 3.05. The summed E-state index contributed by atoms with van der Waals surface area (Å²) in [5, 5.41) is 9.21. The van der Waals surface area contributed by atoms with E-state index >= 15 is 0 Å². The van der Waals surface area contributed by atoms with Crippen molar-refractivity contribution in [3.8, 4) is 0 Å². The Balaban J connectivity index is 1.84. The van der Waals surface area contributed by atoms with Gasteiger partial charge in [-0.15, -0.1) is 0 Å². The van der Waals surface area contributed by atoms with Crippen LogP contribution in [0.5, 0.6) is 0 Å². The summed E-state index contributed by atoms with van der Waals surface area (Å²) in [5.41, 5.74) is 0. The predicted molar refractivity (Wildman–Crippen MR) is 69.6 cm³/mol. The molecule has 0 aromatic carbocycles. The summed E-state index contributed by atoms with van der Waals surface area (Å²) in [6, 6.07) is 0. The molecular formula is C14H29NO. The van der Waals surface area contributed by atoms with Crippen molar-refractivity contribution < 1.29 is 5.11 Å². The van der Waals surface area contributed by atoms with Crippen LogP contribution in [0.15, 0.2) is 0 Å². The molecule has 1 saturated carbocycles. The van der Waals surface area contributed by atoms with E-state index in [9.17, 15) is 5.11 Å². The summed E-state index contributed by atoms with van der Waals surface area (Å²) < 4.78 is 0. The first kappa shape index (κ1) is 14.0. The van der Waals surface area contributed by atoms with E-state index in [-0.39, 0.29) is 6.10 Å². The van der Waals surface area contributed by atoms with Gasteiger partial charge in [0, 0.05) is 6.54 Å². The lowest BCUT2D eigenvalue weighted by Crippen LogP contribution is -2.37. The normalized spacial score (nSPS) is 24.8. The van der Waals surface area contributed by atoms with E-state index in [1.807, 2.05) is 0 Å². The van der Waals surface area contributed by atoms with Gasteiger partial charge in [-0.25, -0.2) is 0 Å². The lowest BCUT2D eigenvalue weighted by molar-refractivity contribution is 0.0282. The standard InChI is InChI=1S/C14H29NO/c1-3-4-5-6-7-8-9-15(2)12-13-10-14(16)11-13/h13-14,16H,3-12H2,1-2H3. The molecule has 1 aliphatic rings. The van der Waals surface area contributed by atoms with E-state index < -0.39 is 0 Å². The molecule has 0 spiro atoms. The van der Waals surface area contributed by atoms with Gasteiger partial charge in [0.15, 0.2) is 0 Å². The van der Waals surface area contributed by atoms with E-state index in [1.165, 1.54) is 51.6 Å². The Labute approximate surface area is 101 Å². The van der Waals surface area contributed by atoms with Crippen molar-refractivity contribution >= 4 is 0 Å². The van der Waals surface area contributed by atoms with Gasteiger partial charge in [0.05, 0.1) is 6.10 Å². The molecule has 1 N–H and O–H groups in total. The van der Waals surface area contributed by atoms with Crippen molar-refractivity contribution in [2.75, 3.05) is 20.1 Å². The minimum Gasteiger partial charge on any atom is -0.393 e. The van der Waals surface area contributed by atoms with Crippen LogP contribution >= 0.6 is 0 Å². The Morgan fingerprint density at radius 2 is 1.69 bits per heavy atom. The van der Waals surface area contributed by atoms with E-state index in [2.05, 4.69) is 18.9 Å². The number of aliphatic hydroxyl groups is 1. The van der Waals surface area contributed by atoms with Crippen molar-refractivity contribution in [2.45, 2.75) is 64.4 Å². The Hall–Kier alpha value is -0.0800. The fourth-order valence-corrected chi connectivity index (χ4v) is 2.54. The molecule has 0 saturated heterocycles. The molecule has 0 heterocycles. The Morgan fingerprint density at radius 3 is 2.31 bits per heavy atom. The van der Waals surface area contributed by atoms with Crippen LogP contribution < -0.4 is 0 Å². The van der Waals surface area contributed by atoms with Crippen LogP contribution in [0.2, 0.25) is 0 Å². The fourth-order valence-electron chi connectivity index (χ4n) is 2.54. The van der Waals surface area contributed by atoms with Crippen molar-refractivity contribution in [3.63, 3.8) is 0 Å². The molecule has 0 aromatic rings. The quantitative estimate of drug-likeness (QED) is 0.612. The minimum atomic E-state index is 0.00689. The number of nitrogens with zero attached hydrogens (tertiary/aromatic N) is 1. The maximum atomic E-state index is 9.21. The molecule has 1 fully saturated rings. The highest BCUT2D eigenvalue weighted by atomic mass is 16.3. The topological polar surface area (TPSA) is 23.5 Å². The van der Waals surface area contributed by atoms with E-state index in [4.69, 9.17) is 0 Å². The maximum absolute atomic E-state index is 9.21. The number of hydrogen-bond acceptors (Lipinski definition) is 2. The van der Waals surface area contributed by atoms with Crippen LogP contribution in [0.25, 0.3) is 0 Å². The van der Waals surface area contributed by atoms with Crippen molar-refractivity contribution in [3.05, 3.63) is 0 Å². The highest BCUT2D eigenvalue weighted by Crippen LogP contribution is 2.27. The van der Waals surface area contributed by atoms with Gasteiger partial charge in [-0.3, -0.25) is 0 Å². The van der Waals surface area contributed by atoms with Gasteiger partial charge in [0.25, 0.3) is 0 Å². The van der Waals surface area contributed by atoms with E-state index in [0.717, 1.165) is 18.8 Å². The molecule has 0 radical (unpaired) electrons. The lowest BCUT2D eigenvalue weighted by atomic mass is 9.82. The van der Waals surface area contributed by atoms with Crippen LogP contribution in [0, 0.1) is 5.92 Å². The Kier molecular flexibility index (Phi) is 7.06. The molecule has 0 atom stereocenters. The monoisotopic (exact) mass is 227 g/mol. The van der Waals surface area contributed by atoms with Crippen molar-refractivity contribution in [1.82, 2.24) is 4.90 Å². The molecule has 1 aliphatic carbocycles. The maximum Gasteiger partial charge on any atom is 0.0546 e. The number of unbranched alkanes of at least 4 members (excludes halogenated alkanes) is 5. The average Bonchev–Trinajstić information content (AvgIpc) is 2.21. The van der Waals surface area contributed by atoms with E-state index in [1.54, 1.807) is 0 Å². The third kappa shape index (κ3) is 5.86. The third-order valence-electron chi connectivity index (χ3n) is 3.67. The lowest BCUT2D eigenvalue weighted by Gasteiger charge is -2.34. The minimum absolute atomic E-state index is 0.00689. The number of rotatable bonds is 9. The molecule has 96 valence electrons. The van der Waals surface area contributed by atoms with Gasteiger partial charge < -0.3 is 10.0 Å². The molecule has 0 aliphatic heterocycles. The van der Waals surface area contributed by atoms with E-state index in [0.29, 0.717) is 0 Å². The average molecular weight is 227 g/mol. The zero-order valence-electron chi connectivity index (χ0n) is 11.1. The van der Waals surface area contributed by atoms with Crippen LogP contribution in [-0.4, -0.2) is 36.2 Å². The molecule has 16 heavy (non-hydrogen) atoms. The summed E-state index contributed by atoms with van der Waals surface area (Å²) in [6.45, 7) is 4.69. The number of aliphatic hydroxyl groups excluding tert-OH is 1. The van der Waals surface area contributed by atoms with Gasteiger partial charge in [-0.2, -0.15) is 0 Å². The molecule has 0 unspecified atom stereocenters. The highest BCUT2D eigenvalue weighted by molar-refractivity contribution is 4.80. The SMILES string of the molecule is CCCCCCCCN(C)CC1CC(O)C1. The second-order valence-electron chi connectivity index (χ2n) is 5.52. The second-order valence-corrected chi connectivity index (χ2v) is 5.52. The molecule has 0 aromatic heterocycles. The van der Waals surface area contributed by atoms with Gasteiger partial charge in [0.1, 0.15) is 0 Å². The zero-order chi connectivity index (χ0) is 11.8. The van der Waals surface area contributed by atoms with Crippen LogP contribution in [0.1, 0.15) is 58.3 Å². The molecule has 2 heteroatoms. The fraction of sp³-hybridized carbons (Fsp3) is 1.00. The van der Waals surface area contributed by atoms with Gasteiger partial charge >= 0.3 is 0 Å². The summed E-state index contributed by atoms with van der Waals surface area (Å²) >= 11 is 0. The highest BCUT2D eigenvalue weighted by Gasteiger charge is 2.27. The zero-order valence-corrected chi connectivity index (χ0v) is 11.1. The Bertz CT molecular complexity index is 166. The molecule has 0 bridgehead atoms. The first-order valence-corrected chi connectivity index (χ1v) is 7.09. The van der Waals surface area contributed by atoms with Crippen LogP contribution in [0.4, 0.5) is 0 Å². The summed E-state index contributed by atoms with van der Waals surface area (Å²) in [4.78, 5) is 2.44. The van der Waals surface area contributed by atoms with Crippen molar-refractivity contribution in [1.29, 1.82) is 0 Å². The summed E-state index contributed by atoms with van der Waals surface area (Å²) in [6.07, 6.45) is 10.3. The smallest absolute Gasteiger partial charge is 0.0546 e. The molecular weight excluding hydrogens is 198 g/mol. The second kappa shape index (κ2) is 8.08. The van der Waals surface area contributed by atoms with Gasteiger partial charge in [-0.05, 0) is 38.8 Å². The first-order chi connectivity index (χ1) is 7.72. The Morgan fingerprint density at radius 1 is 1.06 bits per heavy atom.